The summed E-state index contributed by atoms with van der Waals surface area (Å²) in [6.45, 7) is 8.52. The monoisotopic (exact) mass is 357 g/mol. The summed E-state index contributed by atoms with van der Waals surface area (Å²) in [6, 6.07) is 11.5. The zero-order valence-corrected chi connectivity index (χ0v) is 16.1. The molecule has 2 rings (SSSR count). The molecule has 0 saturated carbocycles. The van der Waals surface area contributed by atoms with Crippen LogP contribution < -0.4 is 19.5 Å². The van der Waals surface area contributed by atoms with Gasteiger partial charge in [-0.2, -0.15) is 0 Å². The van der Waals surface area contributed by atoms with Crippen LogP contribution >= 0.6 is 0 Å². The second-order valence-corrected chi connectivity index (χ2v) is 6.26. The maximum atomic E-state index is 12.2. The topological polar surface area (TPSA) is 56.8 Å². The number of para-hydroxylation sites is 2. The summed E-state index contributed by atoms with van der Waals surface area (Å²) in [5.74, 6) is 1.89. The lowest BCUT2D eigenvalue weighted by atomic mass is 10.1. The van der Waals surface area contributed by atoms with Gasteiger partial charge in [0.05, 0.1) is 13.7 Å². The Morgan fingerprint density at radius 3 is 2.46 bits per heavy atom. The number of hydrogen-bond acceptors (Lipinski definition) is 4. The number of amides is 1. The van der Waals surface area contributed by atoms with E-state index in [0.29, 0.717) is 24.7 Å². The molecule has 0 aliphatic carbocycles. The lowest BCUT2D eigenvalue weighted by Crippen LogP contribution is -2.38. The smallest absolute Gasteiger partial charge is 0.260 e. The van der Waals surface area contributed by atoms with Gasteiger partial charge in [0, 0.05) is 0 Å². The molecule has 5 heteroatoms. The van der Waals surface area contributed by atoms with Crippen LogP contribution in [0, 0.1) is 20.8 Å². The Labute approximate surface area is 155 Å². The normalized spacial score (nSPS) is 11.6. The lowest BCUT2D eigenvalue weighted by molar-refractivity contribution is -0.127. The molecule has 1 N–H and O–H groups in total. The minimum atomic E-state index is -0.582. The van der Waals surface area contributed by atoms with E-state index < -0.39 is 6.10 Å². The van der Waals surface area contributed by atoms with E-state index in [-0.39, 0.29) is 5.91 Å². The standard InChI is InChI=1S/C21H27NO4/c1-14-12-15(2)16(3)20(13-14)26-17(4)21(23)22-10-11-25-19-9-7-6-8-18(19)24-5/h6-9,12-13,17H,10-11H2,1-5H3,(H,22,23)/t17-/m1/s1. The fourth-order valence-corrected chi connectivity index (χ4v) is 2.58. The average Bonchev–Trinajstić information content (AvgIpc) is 2.62. The molecular formula is C21H27NO4. The highest BCUT2D eigenvalue weighted by molar-refractivity contribution is 5.80. The zero-order valence-electron chi connectivity index (χ0n) is 16.1. The van der Waals surface area contributed by atoms with Crippen LogP contribution in [0.3, 0.4) is 0 Å². The van der Waals surface area contributed by atoms with Crippen LogP contribution in [0.4, 0.5) is 0 Å². The molecular weight excluding hydrogens is 330 g/mol. The molecule has 0 saturated heterocycles. The molecule has 2 aromatic rings. The van der Waals surface area contributed by atoms with Crippen molar-refractivity contribution in [2.24, 2.45) is 0 Å². The number of carbonyl (C=O) groups excluding carboxylic acids is 1. The van der Waals surface area contributed by atoms with Gasteiger partial charge >= 0.3 is 0 Å². The van der Waals surface area contributed by atoms with Gasteiger partial charge in [0.2, 0.25) is 0 Å². The minimum absolute atomic E-state index is 0.174. The van der Waals surface area contributed by atoms with Gasteiger partial charge in [-0.1, -0.05) is 18.2 Å². The zero-order chi connectivity index (χ0) is 19.1. The summed E-state index contributed by atoms with van der Waals surface area (Å²) < 4.78 is 16.7. The molecule has 0 aromatic heterocycles. The minimum Gasteiger partial charge on any atom is -0.493 e. The number of ether oxygens (including phenoxy) is 3. The summed E-state index contributed by atoms with van der Waals surface area (Å²) in [5.41, 5.74) is 3.31. The van der Waals surface area contributed by atoms with Crippen molar-refractivity contribution < 1.29 is 19.0 Å². The molecule has 140 valence electrons. The Morgan fingerprint density at radius 2 is 1.77 bits per heavy atom. The largest absolute Gasteiger partial charge is 0.493 e. The molecule has 0 bridgehead atoms. The summed E-state index contributed by atoms with van der Waals surface area (Å²) in [6.07, 6.45) is -0.582. The number of nitrogens with one attached hydrogen (secondary N) is 1. The van der Waals surface area contributed by atoms with Crippen molar-refractivity contribution >= 4 is 5.91 Å². The molecule has 0 unspecified atom stereocenters. The highest BCUT2D eigenvalue weighted by Gasteiger charge is 2.16. The third-order valence-corrected chi connectivity index (χ3v) is 4.16. The van der Waals surface area contributed by atoms with Crippen molar-refractivity contribution in [2.45, 2.75) is 33.8 Å². The summed E-state index contributed by atoms with van der Waals surface area (Å²) >= 11 is 0. The molecule has 1 amide bonds. The van der Waals surface area contributed by atoms with Gasteiger partial charge < -0.3 is 19.5 Å². The van der Waals surface area contributed by atoms with Crippen LogP contribution in [0.15, 0.2) is 36.4 Å². The van der Waals surface area contributed by atoms with Crippen molar-refractivity contribution in [1.29, 1.82) is 0 Å². The van der Waals surface area contributed by atoms with Crippen molar-refractivity contribution in [3.05, 3.63) is 53.1 Å². The molecule has 0 heterocycles. The van der Waals surface area contributed by atoms with Crippen LogP contribution in [0.25, 0.3) is 0 Å². The molecule has 5 nitrogen and oxygen atoms in total. The maximum absolute atomic E-state index is 12.2. The number of benzene rings is 2. The predicted molar refractivity (Wildman–Crippen MR) is 102 cm³/mol. The molecule has 0 spiro atoms. The van der Waals surface area contributed by atoms with Gasteiger partial charge in [-0.05, 0) is 62.6 Å². The van der Waals surface area contributed by atoms with Crippen LogP contribution in [0.1, 0.15) is 23.6 Å². The SMILES string of the molecule is COc1ccccc1OCCNC(=O)[C@@H](C)Oc1cc(C)cc(C)c1C. The van der Waals surface area contributed by atoms with E-state index in [9.17, 15) is 4.79 Å². The lowest BCUT2D eigenvalue weighted by Gasteiger charge is -2.18. The first-order valence-corrected chi connectivity index (χ1v) is 8.70. The number of rotatable bonds is 8. The van der Waals surface area contributed by atoms with Crippen LogP contribution in [0.5, 0.6) is 17.2 Å². The molecule has 1 atom stereocenters. The van der Waals surface area contributed by atoms with E-state index in [1.54, 1.807) is 14.0 Å². The summed E-state index contributed by atoms with van der Waals surface area (Å²) in [5, 5.41) is 2.83. The Balaban J connectivity index is 1.82. The number of carbonyl (C=O) groups is 1. The first-order valence-electron chi connectivity index (χ1n) is 8.70. The highest BCUT2D eigenvalue weighted by atomic mass is 16.5. The third-order valence-electron chi connectivity index (χ3n) is 4.16. The fourth-order valence-electron chi connectivity index (χ4n) is 2.58. The van der Waals surface area contributed by atoms with Gasteiger partial charge in [-0.3, -0.25) is 4.79 Å². The van der Waals surface area contributed by atoms with Crippen molar-refractivity contribution in [3.8, 4) is 17.2 Å². The van der Waals surface area contributed by atoms with Gasteiger partial charge in [0.1, 0.15) is 12.4 Å². The molecule has 0 aliphatic heterocycles. The van der Waals surface area contributed by atoms with Gasteiger partial charge in [-0.15, -0.1) is 0 Å². The maximum Gasteiger partial charge on any atom is 0.260 e. The first-order chi connectivity index (χ1) is 12.4. The van der Waals surface area contributed by atoms with Crippen LogP contribution in [-0.2, 0) is 4.79 Å². The van der Waals surface area contributed by atoms with Crippen molar-refractivity contribution in [1.82, 2.24) is 5.32 Å². The van der Waals surface area contributed by atoms with Crippen molar-refractivity contribution in [3.63, 3.8) is 0 Å². The van der Waals surface area contributed by atoms with E-state index in [1.807, 2.05) is 51.1 Å². The van der Waals surface area contributed by atoms with Gasteiger partial charge in [0.15, 0.2) is 17.6 Å². The molecule has 0 fully saturated rings. The first kappa shape index (κ1) is 19.6. The van der Waals surface area contributed by atoms with E-state index in [1.165, 1.54) is 0 Å². The second-order valence-electron chi connectivity index (χ2n) is 6.26. The summed E-state index contributed by atoms with van der Waals surface area (Å²) in [4.78, 5) is 12.2. The Morgan fingerprint density at radius 1 is 1.08 bits per heavy atom. The second kappa shape index (κ2) is 9.13. The van der Waals surface area contributed by atoms with Gasteiger partial charge in [-0.25, -0.2) is 0 Å². The number of aryl methyl sites for hydroxylation is 2. The summed E-state index contributed by atoms with van der Waals surface area (Å²) in [7, 11) is 1.60. The van der Waals surface area contributed by atoms with Crippen molar-refractivity contribution in [2.75, 3.05) is 20.3 Å². The molecule has 0 radical (unpaired) electrons. The fraction of sp³-hybridized carbons (Fsp3) is 0.381. The Hall–Kier alpha value is -2.69. The van der Waals surface area contributed by atoms with Gasteiger partial charge in [0.25, 0.3) is 5.91 Å². The quantitative estimate of drug-likeness (QED) is 0.734. The number of hydrogen-bond donors (Lipinski definition) is 1. The number of methoxy groups -OCH3 is 1. The van der Waals surface area contributed by atoms with E-state index in [2.05, 4.69) is 11.4 Å². The highest BCUT2D eigenvalue weighted by Crippen LogP contribution is 2.26. The van der Waals surface area contributed by atoms with E-state index in [4.69, 9.17) is 14.2 Å². The third kappa shape index (κ3) is 5.15. The average molecular weight is 357 g/mol. The van der Waals surface area contributed by atoms with E-state index >= 15 is 0 Å². The molecule has 26 heavy (non-hydrogen) atoms. The Kier molecular flexibility index (Phi) is 6.89. The predicted octanol–water partition coefficient (Wildman–Crippen LogP) is 3.58. The molecule has 2 aromatic carbocycles. The van der Waals surface area contributed by atoms with Crippen LogP contribution in [-0.4, -0.2) is 32.3 Å². The van der Waals surface area contributed by atoms with Crippen LogP contribution in [0.2, 0.25) is 0 Å². The Bertz CT molecular complexity index is 758. The molecule has 0 aliphatic rings. The van der Waals surface area contributed by atoms with E-state index in [0.717, 1.165) is 22.4 Å².